The third-order valence-electron chi connectivity index (χ3n) is 2.37. The lowest BCUT2D eigenvalue weighted by Gasteiger charge is -1.99. The number of rotatable bonds is 2. The lowest BCUT2D eigenvalue weighted by Crippen LogP contribution is -1.90. The summed E-state index contributed by atoms with van der Waals surface area (Å²) in [5.74, 6) is 8.47. The number of ether oxygens (including phenoxy) is 1. The van der Waals surface area contributed by atoms with Gasteiger partial charge in [-0.1, -0.05) is 54.2 Å². The minimum atomic E-state index is 0.310. The topological polar surface area (TPSA) is 9.23 Å². The van der Waals surface area contributed by atoms with Crippen LogP contribution in [-0.4, -0.2) is 13.2 Å². The van der Waals surface area contributed by atoms with Gasteiger partial charge in [0.1, 0.15) is 13.2 Å². The zero-order valence-electron chi connectivity index (χ0n) is 9.44. The van der Waals surface area contributed by atoms with E-state index >= 15 is 0 Å². The molecule has 0 fully saturated rings. The molecule has 82 valence electrons. The predicted molar refractivity (Wildman–Crippen MR) is 70.5 cm³/mol. The van der Waals surface area contributed by atoms with E-state index in [4.69, 9.17) is 11.2 Å². The number of hydrogen-bond donors (Lipinski definition) is 0. The Morgan fingerprint density at radius 1 is 1.00 bits per heavy atom. The first-order valence-corrected chi connectivity index (χ1v) is 5.39. The van der Waals surface area contributed by atoms with Gasteiger partial charge in [-0.3, -0.25) is 0 Å². The summed E-state index contributed by atoms with van der Waals surface area (Å²) in [5.41, 5.74) is 1.02. The molecule has 1 heteroatoms. The van der Waals surface area contributed by atoms with Crippen molar-refractivity contribution in [2.24, 2.45) is 0 Å². The molecule has 0 saturated carbocycles. The molecule has 0 heterocycles. The summed E-state index contributed by atoms with van der Waals surface area (Å²) in [6.07, 6.45) is 5.07. The predicted octanol–water partition coefficient (Wildman–Crippen LogP) is 2.84. The summed E-state index contributed by atoms with van der Waals surface area (Å²) in [7, 11) is 0. The second kappa shape index (κ2) is 5.75. The molecule has 2 aromatic carbocycles. The van der Waals surface area contributed by atoms with Crippen LogP contribution in [0.4, 0.5) is 0 Å². The first-order chi connectivity index (χ1) is 8.42. The first-order valence-electron chi connectivity index (χ1n) is 5.39. The van der Waals surface area contributed by atoms with Gasteiger partial charge in [-0.25, -0.2) is 0 Å². The van der Waals surface area contributed by atoms with Crippen LogP contribution in [0.5, 0.6) is 0 Å². The summed E-state index contributed by atoms with van der Waals surface area (Å²) in [6, 6.07) is 14.3. The highest BCUT2D eigenvalue weighted by Gasteiger charge is 1.95. The van der Waals surface area contributed by atoms with Crippen molar-refractivity contribution >= 4 is 10.8 Å². The Morgan fingerprint density at radius 2 is 1.82 bits per heavy atom. The summed E-state index contributed by atoms with van der Waals surface area (Å²) < 4.78 is 5.11. The third kappa shape index (κ3) is 2.88. The fraction of sp³-hybridized carbons (Fsp3) is 0.125. The van der Waals surface area contributed by atoms with Crippen molar-refractivity contribution in [2.45, 2.75) is 0 Å². The van der Waals surface area contributed by atoms with E-state index in [9.17, 15) is 0 Å². The van der Waals surface area contributed by atoms with Crippen LogP contribution in [0.15, 0.2) is 42.5 Å². The molecule has 0 amide bonds. The Kier molecular flexibility index (Phi) is 3.81. The van der Waals surface area contributed by atoms with Crippen LogP contribution in [-0.2, 0) is 4.74 Å². The lowest BCUT2D eigenvalue weighted by molar-refractivity contribution is 0.205. The van der Waals surface area contributed by atoms with E-state index in [1.54, 1.807) is 0 Å². The van der Waals surface area contributed by atoms with Gasteiger partial charge in [0.05, 0.1) is 0 Å². The van der Waals surface area contributed by atoms with Crippen molar-refractivity contribution in [3.05, 3.63) is 48.0 Å². The molecular formula is C16H12O. The van der Waals surface area contributed by atoms with Crippen LogP contribution in [0.3, 0.4) is 0 Å². The number of fused-ring (bicyclic) bond motifs is 1. The fourth-order valence-electron chi connectivity index (χ4n) is 1.63. The molecular weight excluding hydrogens is 208 g/mol. The summed E-state index contributed by atoms with van der Waals surface area (Å²) in [5, 5.41) is 2.36. The van der Waals surface area contributed by atoms with Crippen molar-refractivity contribution in [2.75, 3.05) is 13.2 Å². The van der Waals surface area contributed by atoms with Gasteiger partial charge in [0.2, 0.25) is 0 Å². The largest absolute Gasteiger partial charge is 0.356 e. The highest BCUT2D eigenvalue weighted by Crippen LogP contribution is 2.17. The molecule has 0 aliphatic rings. The minimum absolute atomic E-state index is 0.310. The van der Waals surface area contributed by atoms with Crippen LogP contribution in [0.1, 0.15) is 5.56 Å². The van der Waals surface area contributed by atoms with Gasteiger partial charge in [-0.15, -0.1) is 6.42 Å². The van der Waals surface area contributed by atoms with Crippen molar-refractivity contribution in [1.82, 2.24) is 0 Å². The van der Waals surface area contributed by atoms with E-state index in [-0.39, 0.29) is 0 Å². The van der Waals surface area contributed by atoms with Crippen molar-refractivity contribution in [3.63, 3.8) is 0 Å². The number of hydrogen-bond acceptors (Lipinski definition) is 1. The average Bonchev–Trinajstić information content (AvgIpc) is 2.39. The highest BCUT2D eigenvalue weighted by atomic mass is 16.5. The lowest BCUT2D eigenvalue weighted by atomic mass is 10.1. The van der Waals surface area contributed by atoms with E-state index in [0.717, 1.165) is 5.56 Å². The minimum Gasteiger partial charge on any atom is -0.356 e. The third-order valence-corrected chi connectivity index (χ3v) is 2.37. The maximum atomic E-state index is 5.11. The van der Waals surface area contributed by atoms with Crippen molar-refractivity contribution < 1.29 is 4.74 Å². The average molecular weight is 220 g/mol. The van der Waals surface area contributed by atoms with E-state index in [1.807, 2.05) is 24.3 Å². The van der Waals surface area contributed by atoms with Crippen molar-refractivity contribution in [1.29, 1.82) is 0 Å². The molecule has 0 radical (unpaired) electrons. The molecule has 0 aliphatic carbocycles. The van der Waals surface area contributed by atoms with Crippen LogP contribution in [0.25, 0.3) is 10.8 Å². The Hall–Kier alpha value is -2.22. The molecule has 2 aromatic rings. The highest BCUT2D eigenvalue weighted by molar-refractivity contribution is 5.88. The van der Waals surface area contributed by atoms with Gasteiger partial charge < -0.3 is 4.74 Å². The van der Waals surface area contributed by atoms with Crippen molar-refractivity contribution in [3.8, 4) is 24.2 Å². The van der Waals surface area contributed by atoms with E-state index in [2.05, 4.69) is 36.0 Å². The molecule has 2 rings (SSSR count). The molecule has 1 nitrogen and oxygen atoms in total. The molecule has 0 aliphatic heterocycles. The molecule has 0 aromatic heterocycles. The first kappa shape index (κ1) is 11.3. The van der Waals surface area contributed by atoms with Crippen LogP contribution in [0.2, 0.25) is 0 Å². The Balaban J connectivity index is 2.21. The van der Waals surface area contributed by atoms with E-state index in [1.165, 1.54) is 10.8 Å². The number of benzene rings is 2. The summed E-state index contributed by atoms with van der Waals surface area (Å²) >= 11 is 0. The molecule has 0 saturated heterocycles. The quantitative estimate of drug-likeness (QED) is 0.558. The molecule has 0 atom stereocenters. The van der Waals surface area contributed by atoms with E-state index in [0.29, 0.717) is 13.2 Å². The standard InChI is InChI=1S/C16H12O/c1-2-12-17-13-6-10-15-9-5-8-14-7-3-4-11-16(14)15/h1,3-5,7-9,11H,12-13H2. The zero-order valence-corrected chi connectivity index (χ0v) is 9.44. The monoisotopic (exact) mass is 220 g/mol. The van der Waals surface area contributed by atoms with Gasteiger partial charge in [0.25, 0.3) is 0 Å². The van der Waals surface area contributed by atoms with Gasteiger partial charge in [-0.2, -0.15) is 0 Å². The summed E-state index contributed by atoms with van der Waals surface area (Å²) in [4.78, 5) is 0. The van der Waals surface area contributed by atoms with Gasteiger partial charge in [-0.05, 0) is 16.8 Å². The summed E-state index contributed by atoms with van der Waals surface area (Å²) in [6.45, 7) is 0.678. The maximum absolute atomic E-state index is 5.11. The Bertz CT molecular complexity index is 603. The molecule has 0 bridgehead atoms. The molecule has 0 spiro atoms. The van der Waals surface area contributed by atoms with Gasteiger partial charge in [0, 0.05) is 5.56 Å². The van der Waals surface area contributed by atoms with Crippen LogP contribution >= 0.6 is 0 Å². The molecule has 0 N–H and O–H groups in total. The van der Waals surface area contributed by atoms with E-state index < -0.39 is 0 Å². The Labute approximate surface area is 101 Å². The van der Waals surface area contributed by atoms with Crippen LogP contribution < -0.4 is 0 Å². The SMILES string of the molecule is C#CCOCC#Cc1cccc2ccccc12. The fourth-order valence-corrected chi connectivity index (χ4v) is 1.63. The van der Waals surface area contributed by atoms with Crippen LogP contribution in [0, 0.1) is 24.2 Å². The zero-order chi connectivity index (χ0) is 11.9. The van der Waals surface area contributed by atoms with Gasteiger partial charge in [0.15, 0.2) is 0 Å². The molecule has 0 unspecified atom stereocenters. The smallest absolute Gasteiger partial charge is 0.109 e. The normalized spacial score (nSPS) is 9.35. The maximum Gasteiger partial charge on any atom is 0.109 e. The second-order valence-corrected chi connectivity index (χ2v) is 3.53. The van der Waals surface area contributed by atoms with Gasteiger partial charge >= 0.3 is 0 Å². The number of terminal acetylenes is 1. The molecule has 17 heavy (non-hydrogen) atoms. The second-order valence-electron chi connectivity index (χ2n) is 3.53. The Morgan fingerprint density at radius 3 is 2.71 bits per heavy atom.